The fraction of sp³-hybridized carbons (Fsp3) is 0.500. The van der Waals surface area contributed by atoms with E-state index in [1.54, 1.807) is 6.07 Å². The van der Waals surface area contributed by atoms with Crippen LogP contribution in [0.2, 0.25) is 0 Å². The van der Waals surface area contributed by atoms with Crippen molar-refractivity contribution in [3.8, 4) is 6.07 Å². The Morgan fingerprint density at radius 1 is 1.52 bits per heavy atom. The van der Waals surface area contributed by atoms with E-state index in [1.807, 2.05) is 20.0 Å². The first-order valence-electron chi connectivity index (χ1n) is 6.78. The number of nitriles is 1. The van der Waals surface area contributed by atoms with E-state index in [4.69, 9.17) is 5.26 Å². The molecule has 1 aromatic rings. The number of aryl methyl sites for hydroxylation is 1. The van der Waals surface area contributed by atoms with Crippen LogP contribution in [0.15, 0.2) is 23.1 Å². The van der Waals surface area contributed by atoms with Crippen molar-refractivity contribution < 1.29 is 17.5 Å². The van der Waals surface area contributed by atoms with Crippen LogP contribution in [-0.2, 0) is 10.1 Å². The second kappa shape index (κ2) is 5.73. The van der Waals surface area contributed by atoms with Crippen molar-refractivity contribution in [1.82, 2.24) is 5.32 Å². The molecule has 1 aromatic carbocycles. The summed E-state index contributed by atoms with van der Waals surface area (Å²) in [6.45, 7) is 4.21. The van der Waals surface area contributed by atoms with Gasteiger partial charge < -0.3 is 9.80 Å². The van der Waals surface area contributed by atoms with E-state index in [-0.39, 0.29) is 10.9 Å². The minimum atomic E-state index is -4.29. The maximum absolute atomic E-state index is 11.7. The molecule has 0 aliphatic carbocycles. The average Bonchev–Trinajstić information content (AvgIpc) is 2.38. The predicted octanol–water partition coefficient (Wildman–Crippen LogP) is 0.856. The number of rotatable bonds is 3. The maximum atomic E-state index is 11.7. The molecule has 7 heteroatoms. The molecule has 0 saturated carbocycles. The van der Waals surface area contributed by atoms with Gasteiger partial charge in [0.1, 0.15) is 17.0 Å². The Labute approximate surface area is 125 Å². The highest BCUT2D eigenvalue weighted by molar-refractivity contribution is 7.85. The number of nitrogens with one attached hydrogen (secondary N) is 1. The fourth-order valence-electron chi connectivity index (χ4n) is 3.02. The van der Waals surface area contributed by atoms with Crippen LogP contribution >= 0.6 is 0 Å². The van der Waals surface area contributed by atoms with Gasteiger partial charge in [0.05, 0.1) is 20.1 Å². The van der Waals surface area contributed by atoms with Crippen LogP contribution in [0.3, 0.4) is 0 Å². The van der Waals surface area contributed by atoms with Gasteiger partial charge in [-0.2, -0.15) is 13.7 Å². The molecule has 2 rings (SSSR count). The van der Waals surface area contributed by atoms with Crippen molar-refractivity contribution in [2.45, 2.75) is 17.9 Å². The number of nitrogens with zero attached hydrogens (tertiary/aromatic N) is 2. The number of piperazine rings is 1. The van der Waals surface area contributed by atoms with Gasteiger partial charge in [-0.3, -0.25) is 4.55 Å². The molecule has 1 saturated heterocycles. The van der Waals surface area contributed by atoms with Crippen molar-refractivity contribution in [2.75, 3.05) is 33.2 Å². The second-order valence-electron chi connectivity index (χ2n) is 5.70. The van der Waals surface area contributed by atoms with E-state index in [2.05, 4.69) is 11.4 Å². The van der Waals surface area contributed by atoms with Crippen LogP contribution in [0.25, 0.3) is 0 Å². The number of hydrogen-bond donors (Lipinski definition) is 2. The molecular formula is C14H20N3O3S+. The minimum Gasteiger partial charge on any atom is -0.306 e. The lowest BCUT2D eigenvalue weighted by atomic mass is 9.96. The Morgan fingerprint density at radius 2 is 2.24 bits per heavy atom. The topological polar surface area (TPSA) is 90.2 Å². The SMILES string of the molecule is Cc1cccc(S(=O)(=O)O)c1C1CNCC[N+]1(C)CC#N. The number of quaternary nitrogens is 1. The molecule has 1 aliphatic heterocycles. The standard InChI is InChI=1S/C14H19N3O3S/c1-11-4-3-5-13(21(18,19)20)14(11)12-10-16-7-9-17(12,2)8-6-15/h3-5,12,16H,7-10H2,1-2H3/p+1. The third kappa shape index (κ3) is 3.09. The fourth-order valence-corrected chi connectivity index (χ4v) is 3.85. The molecular weight excluding hydrogens is 290 g/mol. The van der Waals surface area contributed by atoms with Gasteiger partial charge in [-0.15, -0.1) is 0 Å². The summed E-state index contributed by atoms with van der Waals surface area (Å²) in [5, 5.41) is 12.3. The lowest BCUT2D eigenvalue weighted by Gasteiger charge is -2.44. The smallest absolute Gasteiger partial charge is 0.295 e. The van der Waals surface area contributed by atoms with Crippen molar-refractivity contribution >= 4 is 10.1 Å². The molecule has 0 aromatic heterocycles. The van der Waals surface area contributed by atoms with Crippen LogP contribution in [0.5, 0.6) is 0 Å². The quantitative estimate of drug-likeness (QED) is 0.491. The number of benzene rings is 1. The second-order valence-corrected chi connectivity index (χ2v) is 7.09. The van der Waals surface area contributed by atoms with Gasteiger partial charge in [0.25, 0.3) is 10.1 Å². The van der Waals surface area contributed by atoms with Crippen LogP contribution < -0.4 is 5.32 Å². The Bertz CT molecular complexity index is 681. The molecule has 0 amide bonds. The van der Waals surface area contributed by atoms with Gasteiger partial charge >= 0.3 is 0 Å². The zero-order valence-electron chi connectivity index (χ0n) is 12.2. The third-order valence-corrected chi connectivity index (χ3v) is 5.13. The highest BCUT2D eigenvalue weighted by Gasteiger charge is 2.40. The monoisotopic (exact) mass is 310 g/mol. The predicted molar refractivity (Wildman–Crippen MR) is 78.1 cm³/mol. The van der Waals surface area contributed by atoms with E-state index < -0.39 is 10.1 Å². The van der Waals surface area contributed by atoms with Gasteiger partial charge in [0.2, 0.25) is 0 Å². The zero-order valence-corrected chi connectivity index (χ0v) is 13.0. The lowest BCUT2D eigenvalue weighted by Crippen LogP contribution is -2.58. The van der Waals surface area contributed by atoms with Crippen molar-refractivity contribution in [1.29, 1.82) is 5.26 Å². The van der Waals surface area contributed by atoms with Crippen molar-refractivity contribution in [3.05, 3.63) is 29.3 Å². The van der Waals surface area contributed by atoms with E-state index in [1.165, 1.54) is 6.07 Å². The summed E-state index contributed by atoms with van der Waals surface area (Å²) in [6, 6.07) is 6.87. The molecule has 6 nitrogen and oxygen atoms in total. The molecule has 1 aliphatic rings. The minimum absolute atomic E-state index is 0.0570. The Morgan fingerprint density at radius 3 is 2.86 bits per heavy atom. The lowest BCUT2D eigenvalue weighted by molar-refractivity contribution is -0.935. The first kappa shape index (κ1) is 15.9. The van der Waals surface area contributed by atoms with Gasteiger partial charge in [-0.25, -0.2) is 0 Å². The first-order valence-corrected chi connectivity index (χ1v) is 8.22. The van der Waals surface area contributed by atoms with Gasteiger partial charge in [-0.1, -0.05) is 12.1 Å². The van der Waals surface area contributed by atoms with E-state index in [9.17, 15) is 13.0 Å². The molecule has 0 spiro atoms. The van der Waals surface area contributed by atoms with Gasteiger partial charge in [-0.05, 0) is 18.6 Å². The van der Waals surface area contributed by atoms with Gasteiger partial charge in [0, 0.05) is 12.1 Å². The zero-order chi connectivity index (χ0) is 15.7. The molecule has 2 unspecified atom stereocenters. The molecule has 0 radical (unpaired) electrons. The highest BCUT2D eigenvalue weighted by Crippen LogP contribution is 2.34. The third-order valence-electron chi connectivity index (χ3n) is 4.22. The summed E-state index contributed by atoms with van der Waals surface area (Å²) >= 11 is 0. The number of likely N-dealkylation sites (N-methyl/N-ethyl adjacent to an activating group) is 1. The largest absolute Gasteiger partial charge is 0.306 e. The van der Waals surface area contributed by atoms with Crippen LogP contribution in [-0.4, -0.2) is 50.7 Å². The van der Waals surface area contributed by atoms with E-state index in [0.717, 1.165) is 18.7 Å². The molecule has 1 heterocycles. The molecule has 2 atom stereocenters. The summed E-state index contributed by atoms with van der Waals surface area (Å²) in [7, 11) is -2.34. The maximum Gasteiger partial charge on any atom is 0.295 e. The van der Waals surface area contributed by atoms with Crippen LogP contribution in [0.4, 0.5) is 0 Å². The molecule has 1 fully saturated rings. The summed E-state index contributed by atoms with van der Waals surface area (Å²) < 4.78 is 33.3. The van der Waals surface area contributed by atoms with Crippen LogP contribution in [0.1, 0.15) is 17.2 Å². The normalized spacial score (nSPS) is 26.3. The Balaban J connectivity index is 2.62. The van der Waals surface area contributed by atoms with Crippen molar-refractivity contribution in [2.24, 2.45) is 0 Å². The number of hydrogen-bond acceptors (Lipinski definition) is 4. The van der Waals surface area contributed by atoms with Gasteiger partial charge in [0.15, 0.2) is 6.54 Å². The van der Waals surface area contributed by atoms with Crippen molar-refractivity contribution in [3.63, 3.8) is 0 Å². The Hall–Kier alpha value is -1.46. The van der Waals surface area contributed by atoms with Crippen LogP contribution in [0, 0.1) is 18.3 Å². The van der Waals surface area contributed by atoms with E-state index >= 15 is 0 Å². The summed E-state index contributed by atoms with van der Waals surface area (Å²) in [4.78, 5) is -0.0570. The highest BCUT2D eigenvalue weighted by atomic mass is 32.2. The first-order chi connectivity index (χ1) is 9.79. The summed E-state index contributed by atoms with van der Waals surface area (Å²) in [6.07, 6.45) is 0. The molecule has 21 heavy (non-hydrogen) atoms. The summed E-state index contributed by atoms with van der Waals surface area (Å²) in [5.74, 6) is 0. The van der Waals surface area contributed by atoms with E-state index in [0.29, 0.717) is 23.1 Å². The average molecular weight is 310 g/mol. The molecule has 0 bridgehead atoms. The Kier molecular flexibility index (Phi) is 4.35. The summed E-state index contributed by atoms with van der Waals surface area (Å²) in [5.41, 5.74) is 1.41. The molecule has 2 N–H and O–H groups in total. The molecule has 114 valence electrons.